The first-order valence-corrected chi connectivity index (χ1v) is 6.91. The second-order valence-electron chi connectivity index (χ2n) is 5.43. The number of hydrogen-bond donors (Lipinski definition) is 1. The Labute approximate surface area is 117 Å². The summed E-state index contributed by atoms with van der Waals surface area (Å²) in [5.74, 6) is -0.758. The van der Waals surface area contributed by atoms with E-state index in [2.05, 4.69) is 17.4 Å². The van der Waals surface area contributed by atoms with E-state index in [-0.39, 0.29) is 17.9 Å². The van der Waals surface area contributed by atoms with Gasteiger partial charge in [0.2, 0.25) is 0 Å². The molecule has 0 heterocycles. The van der Waals surface area contributed by atoms with Crippen molar-refractivity contribution < 1.29 is 8.78 Å². The Bertz CT molecular complexity index is 599. The number of nitrogens with one attached hydrogen (secondary N) is 1. The molecule has 0 radical (unpaired) electrons. The van der Waals surface area contributed by atoms with Gasteiger partial charge in [0.25, 0.3) is 0 Å². The minimum absolute atomic E-state index is 0.204. The summed E-state index contributed by atoms with van der Waals surface area (Å²) in [6.07, 6.45) is 1.88. The SMILES string of the molecule is CC(NC1Cc2ccccc2C1)c1cc(F)ccc1F. The van der Waals surface area contributed by atoms with Crippen LogP contribution in [0.2, 0.25) is 0 Å². The molecule has 1 N–H and O–H groups in total. The normalized spacial score (nSPS) is 16.1. The standard InChI is InChI=1S/C17H17F2N/c1-11(16-10-14(18)6-7-17(16)19)20-15-8-12-4-2-3-5-13(12)9-15/h2-7,10-11,15,20H,8-9H2,1H3. The van der Waals surface area contributed by atoms with Crippen LogP contribution >= 0.6 is 0 Å². The summed E-state index contributed by atoms with van der Waals surface area (Å²) in [6, 6.07) is 12.0. The predicted molar refractivity (Wildman–Crippen MR) is 75.5 cm³/mol. The van der Waals surface area contributed by atoms with Gasteiger partial charge in [0, 0.05) is 17.6 Å². The molecule has 0 fully saturated rings. The molecule has 0 saturated heterocycles. The zero-order chi connectivity index (χ0) is 14.1. The first kappa shape index (κ1) is 13.3. The van der Waals surface area contributed by atoms with Crippen LogP contribution in [0.5, 0.6) is 0 Å². The van der Waals surface area contributed by atoms with E-state index in [4.69, 9.17) is 0 Å². The fourth-order valence-electron chi connectivity index (χ4n) is 2.97. The summed E-state index contributed by atoms with van der Waals surface area (Å²) < 4.78 is 27.0. The molecular weight excluding hydrogens is 256 g/mol. The van der Waals surface area contributed by atoms with E-state index in [1.165, 1.54) is 23.3 Å². The monoisotopic (exact) mass is 273 g/mol. The Morgan fingerprint density at radius 3 is 2.35 bits per heavy atom. The summed E-state index contributed by atoms with van der Waals surface area (Å²) >= 11 is 0. The molecule has 0 bridgehead atoms. The summed E-state index contributed by atoms with van der Waals surface area (Å²) in [4.78, 5) is 0. The lowest BCUT2D eigenvalue weighted by atomic mass is 10.1. The highest BCUT2D eigenvalue weighted by Gasteiger charge is 2.23. The molecule has 104 valence electrons. The average molecular weight is 273 g/mol. The van der Waals surface area contributed by atoms with Crippen molar-refractivity contribution in [2.24, 2.45) is 0 Å². The van der Waals surface area contributed by atoms with E-state index in [0.29, 0.717) is 5.56 Å². The van der Waals surface area contributed by atoms with Gasteiger partial charge in [-0.3, -0.25) is 0 Å². The first-order chi connectivity index (χ1) is 9.63. The Balaban J connectivity index is 1.72. The van der Waals surface area contributed by atoms with Crippen molar-refractivity contribution in [1.29, 1.82) is 0 Å². The number of hydrogen-bond acceptors (Lipinski definition) is 1. The Kier molecular flexibility index (Phi) is 3.53. The van der Waals surface area contributed by atoms with Gasteiger partial charge in [-0.05, 0) is 49.1 Å². The van der Waals surface area contributed by atoms with Crippen LogP contribution in [0, 0.1) is 11.6 Å². The molecule has 2 aromatic rings. The van der Waals surface area contributed by atoms with Crippen molar-refractivity contribution >= 4 is 0 Å². The molecule has 0 amide bonds. The molecule has 20 heavy (non-hydrogen) atoms. The molecule has 1 aliphatic carbocycles. The maximum Gasteiger partial charge on any atom is 0.128 e. The highest BCUT2D eigenvalue weighted by molar-refractivity contribution is 5.33. The van der Waals surface area contributed by atoms with Gasteiger partial charge in [-0.15, -0.1) is 0 Å². The van der Waals surface area contributed by atoms with E-state index in [1.807, 2.05) is 19.1 Å². The fourth-order valence-corrected chi connectivity index (χ4v) is 2.97. The van der Waals surface area contributed by atoms with Crippen molar-refractivity contribution in [1.82, 2.24) is 5.32 Å². The Morgan fingerprint density at radius 1 is 1.05 bits per heavy atom. The van der Waals surface area contributed by atoms with Crippen LogP contribution in [-0.2, 0) is 12.8 Å². The van der Waals surface area contributed by atoms with Gasteiger partial charge >= 0.3 is 0 Å². The molecule has 2 aromatic carbocycles. The van der Waals surface area contributed by atoms with Crippen molar-refractivity contribution in [3.05, 3.63) is 70.8 Å². The number of halogens is 2. The topological polar surface area (TPSA) is 12.0 Å². The molecule has 1 nitrogen and oxygen atoms in total. The molecule has 0 saturated carbocycles. The molecule has 0 aliphatic heterocycles. The third-order valence-electron chi connectivity index (χ3n) is 3.96. The minimum Gasteiger partial charge on any atom is -0.307 e. The molecule has 3 heteroatoms. The molecule has 1 aliphatic rings. The van der Waals surface area contributed by atoms with Crippen LogP contribution in [0.1, 0.15) is 29.7 Å². The fraction of sp³-hybridized carbons (Fsp3) is 0.294. The van der Waals surface area contributed by atoms with E-state index in [1.54, 1.807) is 0 Å². The minimum atomic E-state index is -0.398. The van der Waals surface area contributed by atoms with Crippen LogP contribution < -0.4 is 5.32 Å². The molecule has 0 aromatic heterocycles. The highest BCUT2D eigenvalue weighted by Crippen LogP contribution is 2.25. The van der Waals surface area contributed by atoms with E-state index < -0.39 is 5.82 Å². The summed E-state index contributed by atoms with van der Waals surface area (Å²) in [5.41, 5.74) is 3.08. The molecule has 3 rings (SSSR count). The van der Waals surface area contributed by atoms with Crippen LogP contribution in [0.15, 0.2) is 42.5 Å². The third-order valence-corrected chi connectivity index (χ3v) is 3.96. The van der Waals surface area contributed by atoms with Crippen molar-refractivity contribution in [3.63, 3.8) is 0 Å². The second-order valence-corrected chi connectivity index (χ2v) is 5.43. The Hall–Kier alpha value is -1.74. The van der Waals surface area contributed by atoms with Gasteiger partial charge in [-0.25, -0.2) is 8.78 Å². The number of rotatable bonds is 3. The van der Waals surface area contributed by atoms with E-state index in [9.17, 15) is 8.78 Å². The van der Waals surface area contributed by atoms with Gasteiger partial charge in [0.1, 0.15) is 11.6 Å². The quantitative estimate of drug-likeness (QED) is 0.897. The van der Waals surface area contributed by atoms with Crippen molar-refractivity contribution in [3.8, 4) is 0 Å². The van der Waals surface area contributed by atoms with Gasteiger partial charge in [-0.2, -0.15) is 0 Å². The molecule has 0 spiro atoms. The van der Waals surface area contributed by atoms with Crippen LogP contribution in [0.25, 0.3) is 0 Å². The maximum atomic E-state index is 13.8. The van der Waals surface area contributed by atoms with Crippen molar-refractivity contribution in [2.45, 2.75) is 31.8 Å². The van der Waals surface area contributed by atoms with Crippen molar-refractivity contribution in [2.75, 3.05) is 0 Å². The van der Waals surface area contributed by atoms with E-state index in [0.717, 1.165) is 18.9 Å². The number of benzene rings is 2. The summed E-state index contributed by atoms with van der Waals surface area (Å²) in [5, 5.41) is 3.40. The van der Waals surface area contributed by atoms with Gasteiger partial charge in [0.15, 0.2) is 0 Å². The zero-order valence-electron chi connectivity index (χ0n) is 11.4. The van der Waals surface area contributed by atoms with Gasteiger partial charge in [-0.1, -0.05) is 24.3 Å². The lowest BCUT2D eigenvalue weighted by Crippen LogP contribution is -2.32. The Morgan fingerprint density at radius 2 is 1.70 bits per heavy atom. The van der Waals surface area contributed by atoms with Crippen LogP contribution in [0.3, 0.4) is 0 Å². The van der Waals surface area contributed by atoms with Crippen LogP contribution in [-0.4, -0.2) is 6.04 Å². The molecular formula is C17H17F2N. The predicted octanol–water partition coefficient (Wildman–Crippen LogP) is 3.78. The summed E-state index contributed by atoms with van der Waals surface area (Å²) in [6.45, 7) is 1.88. The smallest absolute Gasteiger partial charge is 0.128 e. The highest BCUT2D eigenvalue weighted by atomic mass is 19.1. The van der Waals surface area contributed by atoms with Crippen LogP contribution in [0.4, 0.5) is 8.78 Å². The van der Waals surface area contributed by atoms with Gasteiger partial charge < -0.3 is 5.32 Å². The average Bonchev–Trinajstić information content (AvgIpc) is 2.83. The zero-order valence-corrected chi connectivity index (χ0v) is 11.4. The first-order valence-electron chi connectivity index (χ1n) is 6.91. The number of fused-ring (bicyclic) bond motifs is 1. The maximum absolute atomic E-state index is 13.8. The lowest BCUT2D eigenvalue weighted by Gasteiger charge is -2.20. The van der Waals surface area contributed by atoms with E-state index >= 15 is 0 Å². The largest absolute Gasteiger partial charge is 0.307 e. The lowest BCUT2D eigenvalue weighted by molar-refractivity contribution is 0.449. The summed E-state index contributed by atoms with van der Waals surface area (Å²) in [7, 11) is 0. The van der Waals surface area contributed by atoms with Gasteiger partial charge in [0.05, 0.1) is 0 Å². The molecule has 1 atom stereocenters. The third kappa shape index (κ3) is 2.59. The second kappa shape index (κ2) is 5.33. The molecule has 1 unspecified atom stereocenters.